The molecule has 4 nitrogen and oxygen atoms in total. The second kappa shape index (κ2) is 8.87. The molecule has 0 aliphatic carbocycles. The zero-order valence-electron chi connectivity index (χ0n) is 17.9. The lowest BCUT2D eigenvalue weighted by molar-refractivity contribution is 0.643. The van der Waals surface area contributed by atoms with Crippen LogP contribution < -0.4 is 10.6 Å². The molecule has 4 aromatic rings. The number of nitrogens with one attached hydrogen (secondary N) is 2. The molecule has 6 heteroatoms. The second-order valence-corrected chi connectivity index (χ2v) is 10.7. The first kappa shape index (κ1) is 20.2. The Morgan fingerprint density at radius 3 is 1.38 bits per heavy atom. The van der Waals surface area contributed by atoms with Gasteiger partial charge in [-0.15, -0.1) is 22.7 Å². The summed E-state index contributed by atoms with van der Waals surface area (Å²) in [4.78, 5) is 11.8. The van der Waals surface area contributed by atoms with Crippen LogP contribution in [0.4, 0.5) is 0 Å². The molecule has 0 spiro atoms. The minimum atomic E-state index is 0.440. The molecule has 0 bridgehead atoms. The monoisotopic (exact) mass is 458 g/mol. The topological polar surface area (TPSA) is 49.8 Å². The zero-order valence-corrected chi connectivity index (χ0v) is 19.5. The number of hydrogen-bond donors (Lipinski definition) is 2. The molecule has 0 unspecified atom stereocenters. The number of aromatic nitrogens is 2. The Labute approximate surface area is 196 Å². The van der Waals surface area contributed by atoms with Crippen molar-refractivity contribution >= 4 is 22.7 Å². The van der Waals surface area contributed by atoms with E-state index < -0.39 is 0 Å². The van der Waals surface area contributed by atoms with Gasteiger partial charge in [0.15, 0.2) is 0 Å². The molecule has 2 aromatic carbocycles. The standard InChI is InChI=1S/C26H26N4S2/c1-3-21(27-13-1)25-29-15-23(31-25)19-9-5-17(6-10-19)18-7-11-20(12-8-18)24-16-30-26(32-24)22-4-2-14-28-22/h5-12,15-16,21-22,27-28H,1-4,13-14H2/t21-,22-/m1/s1. The Kier molecular flexibility index (Phi) is 5.61. The summed E-state index contributed by atoms with van der Waals surface area (Å²) < 4.78 is 0. The van der Waals surface area contributed by atoms with E-state index in [2.05, 4.69) is 69.1 Å². The van der Waals surface area contributed by atoms with Gasteiger partial charge < -0.3 is 10.6 Å². The summed E-state index contributed by atoms with van der Waals surface area (Å²) in [6.07, 6.45) is 8.93. The van der Waals surface area contributed by atoms with Gasteiger partial charge in [-0.1, -0.05) is 48.5 Å². The fourth-order valence-electron chi connectivity index (χ4n) is 4.61. The zero-order chi connectivity index (χ0) is 21.3. The molecular formula is C26H26N4S2. The van der Waals surface area contributed by atoms with E-state index in [9.17, 15) is 0 Å². The highest BCUT2D eigenvalue weighted by Gasteiger charge is 2.20. The van der Waals surface area contributed by atoms with Crippen molar-refractivity contribution in [2.45, 2.75) is 37.8 Å². The fraction of sp³-hybridized carbons (Fsp3) is 0.308. The Hall–Kier alpha value is -2.38. The lowest BCUT2D eigenvalue weighted by Gasteiger charge is -2.06. The highest BCUT2D eigenvalue weighted by molar-refractivity contribution is 7.15. The van der Waals surface area contributed by atoms with Crippen LogP contribution in [0.1, 0.15) is 47.8 Å². The van der Waals surface area contributed by atoms with Gasteiger partial charge in [0.1, 0.15) is 10.0 Å². The molecular weight excluding hydrogens is 432 g/mol. The highest BCUT2D eigenvalue weighted by atomic mass is 32.1. The number of thiazole rings is 2. The van der Waals surface area contributed by atoms with Crippen molar-refractivity contribution in [3.05, 3.63) is 70.9 Å². The van der Waals surface area contributed by atoms with Gasteiger partial charge in [-0.25, -0.2) is 9.97 Å². The van der Waals surface area contributed by atoms with Crippen LogP contribution in [0, 0.1) is 0 Å². The summed E-state index contributed by atoms with van der Waals surface area (Å²) in [6, 6.07) is 18.6. The van der Waals surface area contributed by atoms with Gasteiger partial charge in [-0.3, -0.25) is 0 Å². The molecule has 2 aliphatic heterocycles. The molecule has 162 valence electrons. The summed E-state index contributed by atoms with van der Waals surface area (Å²) in [6.45, 7) is 2.21. The molecule has 32 heavy (non-hydrogen) atoms. The van der Waals surface area contributed by atoms with E-state index in [4.69, 9.17) is 0 Å². The molecule has 6 rings (SSSR count). The second-order valence-electron chi connectivity index (χ2n) is 8.58. The van der Waals surface area contributed by atoms with Crippen LogP contribution in [-0.2, 0) is 0 Å². The number of benzene rings is 2. The van der Waals surface area contributed by atoms with Crippen molar-refractivity contribution in [2.24, 2.45) is 0 Å². The van der Waals surface area contributed by atoms with Crippen LogP contribution in [0.25, 0.3) is 32.0 Å². The molecule has 2 fully saturated rings. The molecule has 2 N–H and O–H groups in total. The lowest BCUT2D eigenvalue weighted by Crippen LogP contribution is -2.12. The Morgan fingerprint density at radius 2 is 1.00 bits per heavy atom. The normalized spacial score (nSPS) is 20.8. The largest absolute Gasteiger partial charge is 0.308 e. The van der Waals surface area contributed by atoms with Crippen LogP contribution in [0.15, 0.2) is 60.9 Å². The van der Waals surface area contributed by atoms with E-state index in [1.807, 2.05) is 35.1 Å². The van der Waals surface area contributed by atoms with Crippen LogP contribution in [0.2, 0.25) is 0 Å². The average molecular weight is 459 g/mol. The van der Waals surface area contributed by atoms with Crippen molar-refractivity contribution in [1.82, 2.24) is 20.6 Å². The van der Waals surface area contributed by atoms with Gasteiger partial charge in [0, 0.05) is 12.4 Å². The summed E-state index contributed by atoms with van der Waals surface area (Å²) >= 11 is 3.63. The number of nitrogens with zero attached hydrogens (tertiary/aromatic N) is 2. The molecule has 0 radical (unpaired) electrons. The van der Waals surface area contributed by atoms with Gasteiger partial charge in [0.05, 0.1) is 21.8 Å². The van der Waals surface area contributed by atoms with Crippen molar-refractivity contribution in [2.75, 3.05) is 13.1 Å². The predicted octanol–water partition coefficient (Wildman–Crippen LogP) is 6.45. The van der Waals surface area contributed by atoms with Gasteiger partial charge in [-0.05, 0) is 61.0 Å². The summed E-state index contributed by atoms with van der Waals surface area (Å²) in [5.74, 6) is 0. The van der Waals surface area contributed by atoms with Gasteiger partial charge in [0.25, 0.3) is 0 Å². The van der Waals surface area contributed by atoms with Crippen molar-refractivity contribution in [3.63, 3.8) is 0 Å². The first-order valence-electron chi connectivity index (χ1n) is 11.4. The van der Waals surface area contributed by atoms with Crippen LogP contribution in [-0.4, -0.2) is 23.1 Å². The van der Waals surface area contributed by atoms with E-state index in [1.165, 1.54) is 67.7 Å². The molecule has 2 saturated heterocycles. The first-order chi connectivity index (χ1) is 15.8. The molecule has 2 atom stereocenters. The number of hydrogen-bond acceptors (Lipinski definition) is 6. The Balaban J connectivity index is 1.17. The van der Waals surface area contributed by atoms with Gasteiger partial charge in [0.2, 0.25) is 0 Å². The maximum Gasteiger partial charge on any atom is 0.110 e. The number of rotatable bonds is 5. The van der Waals surface area contributed by atoms with Crippen molar-refractivity contribution < 1.29 is 0 Å². The highest BCUT2D eigenvalue weighted by Crippen LogP contribution is 2.35. The maximum atomic E-state index is 4.67. The third kappa shape index (κ3) is 4.04. The molecule has 4 heterocycles. The van der Waals surface area contributed by atoms with Crippen LogP contribution in [0.5, 0.6) is 0 Å². The van der Waals surface area contributed by atoms with Crippen LogP contribution in [0.3, 0.4) is 0 Å². The third-order valence-corrected chi connectivity index (χ3v) is 8.76. The summed E-state index contributed by atoms with van der Waals surface area (Å²) in [5, 5.41) is 9.51. The lowest BCUT2D eigenvalue weighted by atomic mass is 10.0. The summed E-state index contributed by atoms with van der Waals surface area (Å²) in [7, 11) is 0. The maximum absolute atomic E-state index is 4.67. The average Bonchev–Trinajstić information content (AvgIpc) is 3.66. The van der Waals surface area contributed by atoms with E-state index in [0.717, 1.165) is 13.1 Å². The fourth-order valence-corrected chi connectivity index (χ4v) is 6.68. The Bertz CT molecular complexity index is 1090. The molecule has 0 saturated carbocycles. The smallest absolute Gasteiger partial charge is 0.110 e. The van der Waals surface area contributed by atoms with Gasteiger partial charge in [-0.2, -0.15) is 0 Å². The minimum Gasteiger partial charge on any atom is -0.308 e. The van der Waals surface area contributed by atoms with Crippen molar-refractivity contribution in [1.29, 1.82) is 0 Å². The van der Waals surface area contributed by atoms with Crippen LogP contribution >= 0.6 is 22.7 Å². The quantitative estimate of drug-likeness (QED) is 0.361. The summed E-state index contributed by atoms with van der Waals surface area (Å²) in [5.41, 5.74) is 4.96. The van der Waals surface area contributed by atoms with Crippen molar-refractivity contribution in [3.8, 4) is 32.0 Å². The van der Waals surface area contributed by atoms with E-state index in [-0.39, 0.29) is 0 Å². The van der Waals surface area contributed by atoms with Gasteiger partial charge >= 0.3 is 0 Å². The molecule has 2 aliphatic rings. The minimum absolute atomic E-state index is 0.440. The molecule has 2 aromatic heterocycles. The van der Waals surface area contributed by atoms with E-state index >= 15 is 0 Å². The van der Waals surface area contributed by atoms with E-state index in [1.54, 1.807) is 0 Å². The predicted molar refractivity (Wildman–Crippen MR) is 134 cm³/mol. The third-order valence-electron chi connectivity index (χ3n) is 6.44. The van der Waals surface area contributed by atoms with E-state index in [0.29, 0.717) is 12.1 Å². The SMILES string of the molecule is c1cc(-c2cnc([C@H]3CCCN3)s2)ccc1-c1ccc(-c2cnc([C@H]3CCCN3)s2)cc1. The Morgan fingerprint density at radius 1 is 0.594 bits per heavy atom. The molecule has 0 amide bonds. The first-order valence-corrected chi connectivity index (χ1v) is 13.1.